The van der Waals surface area contributed by atoms with Gasteiger partial charge in [-0.2, -0.15) is 0 Å². The third kappa shape index (κ3) is 1.74. The molecule has 1 aromatic rings. The monoisotopic (exact) mass is 214 g/mol. The molecule has 0 aliphatic heterocycles. The summed E-state index contributed by atoms with van der Waals surface area (Å²) in [5.74, 6) is -6.59. The number of hydrogen-bond acceptors (Lipinski definition) is 4. The summed E-state index contributed by atoms with van der Waals surface area (Å²) in [6, 6.07) is 0.862. The Bertz CT molecular complexity index is 452. The number of phenolic OH excluding ortho intramolecular Hbond substituents is 2. The van der Waals surface area contributed by atoms with E-state index < -0.39 is 34.6 Å². The lowest BCUT2D eigenvalue weighted by molar-refractivity contribution is -0.131. The maximum Gasteiger partial charge on any atom is 0.377 e. The molecule has 0 amide bonds. The minimum atomic E-state index is -1.83. The van der Waals surface area contributed by atoms with Crippen LogP contribution >= 0.6 is 0 Å². The molecule has 0 fully saturated rings. The fourth-order valence-corrected chi connectivity index (χ4v) is 1.05. The number of aliphatic carboxylic acids is 1. The Morgan fingerprint density at radius 3 is 2.27 bits per heavy atom. The molecular formula is C9H7FO5. The highest BCUT2D eigenvalue weighted by atomic mass is 19.1. The van der Waals surface area contributed by atoms with Gasteiger partial charge >= 0.3 is 5.97 Å². The molecule has 0 atom stereocenters. The summed E-state index contributed by atoms with van der Waals surface area (Å²) >= 11 is 0. The molecule has 5 nitrogen and oxygen atoms in total. The number of benzene rings is 1. The van der Waals surface area contributed by atoms with E-state index in [-0.39, 0.29) is 5.56 Å². The number of aromatic hydroxyl groups is 2. The molecule has 15 heavy (non-hydrogen) atoms. The molecule has 6 heteroatoms. The number of carbonyl (C=O) groups excluding carboxylic acids is 1. The van der Waals surface area contributed by atoms with Crippen molar-refractivity contribution in [2.45, 2.75) is 6.92 Å². The molecule has 0 radical (unpaired) electrons. The van der Waals surface area contributed by atoms with E-state index in [2.05, 4.69) is 0 Å². The van der Waals surface area contributed by atoms with Gasteiger partial charge in [0.05, 0.1) is 5.56 Å². The Labute approximate surface area is 83.4 Å². The Kier molecular flexibility index (Phi) is 2.61. The largest absolute Gasteiger partial charge is 0.504 e. The maximum atomic E-state index is 13.2. The summed E-state index contributed by atoms with van der Waals surface area (Å²) in [7, 11) is 0. The summed E-state index contributed by atoms with van der Waals surface area (Å²) < 4.78 is 13.2. The fourth-order valence-electron chi connectivity index (χ4n) is 1.05. The van der Waals surface area contributed by atoms with Gasteiger partial charge in [-0.25, -0.2) is 9.18 Å². The Balaban J connectivity index is 3.45. The van der Waals surface area contributed by atoms with E-state index in [4.69, 9.17) is 15.3 Å². The highest BCUT2D eigenvalue weighted by molar-refractivity contribution is 6.40. The molecule has 0 heterocycles. The van der Waals surface area contributed by atoms with Gasteiger partial charge in [-0.1, -0.05) is 0 Å². The van der Waals surface area contributed by atoms with Crippen LogP contribution in [0.4, 0.5) is 4.39 Å². The van der Waals surface area contributed by atoms with E-state index in [1.807, 2.05) is 0 Å². The topological polar surface area (TPSA) is 94.8 Å². The minimum absolute atomic E-state index is 0.0125. The van der Waals surface area contributed by atoms with Crippen LogP contribution in [0.3, 0.4) is 0 Å². The molecule has 1 aromatic carbocycles. The molecule has 0 unspecified atom stereocenters. The van der Waals surface area contributed by atoms with Crippen molar-refractivity contribution in [3.63, 3.8) is 0 Å². The van der Waals surface area contributed by atoms with Gasteiger partial charge in [0.2, 0.25) is 0 Å². The third-order valence-electron chi connectivity index (χ3n) is 1.84. The number of carboxylic acid groups (broad SMARTS) is 1. The van der Waals surface area contributed by atoms with Gasteiger partial charge < -0.3 is 15.3 Å². The van der Waals surface area contributed by atoms with E-state index in [0.717, 1.165) is 6.07 Å². The number of ketones is 1. The van der Waals surface area contributed by atoms with Crippen molar-refractivity contribution in [2.75, 3.05) is 0 Å². The van der Waals surface area contributed by atoms with Crippen LogP contribution in [0.2, 0.25) is 0 Å². The van der Waals surface area contributed by atoms with E-state index in [0.29, 0.717) is 0 Å². The van der Waals surface area contributed by atoms with Gasteiger partial charge in [0, 0.05) is 0 Å². The van der Waals surface area contributed by atoms with Crippen molar-refractivity contribution >= 4 is 11.8 Å². The summed E-state index contributed by atoms with van der Waals surface area (Å²) in [5.41, 5.74) is -0.770. The number of phenols is 2. The number of hydrogen-bond donors (Lipinski definition) is 3. The Hall–Kier alpha value is -2.11. The first-order chi connectivity index (χ1) is 6.86. The van der Waals surface area contributed by atoms with Crippen LogP contribution in [-0.4, -0.2) is 27.1 Å². The lowest BCUT2D eigenvalue weighted by atomic mass is 10.1. The smallest absolute Gasteiger partial charge is 0.377 e. The molecular weight excluding hydrogens is 207 g/mol. The van der Waals surface area contributed by atoms with Crippen LogP contribution in [0.15, 0.2) is 6.07 Å². The van der Waals surface area contributed by atoms with Crippen LogP contribution < -0.4 is 0 Å². The average molecular weight is 214 g/mol. The highest BCUT2D eigenvalue weighted by Crippen LogP contribution is 2.33. The zero-order chi connectivity index (χ0) is 11.7. The first-order valence-electron chi connectivity index (χ1n) is 3.85. The molecule has 0 saturated carbocycles. The van der Waals surface area contributed by atoms with Crippen molar-refractivity contribution in [2.24, 2.45) is 0 Å². The van der Waals surface area contributed by atoms with Gasteiger partial charge in [0.25, 0.3) is 5.78 Å². The van der Waals surface area contributed by atoms with Crippen LogP contribution in [0.25, 0.3) is 0 Å². The summed E-state index contributed by atoms with van der Waals surface area (Å²) in [5, 5.41) is 26.5. The lowest BCUT2D eigenvalue weighted by Gasteiger charge is -2.06. The van der Waals surface area contributed by atoms with E-state index in [9.17, 15) is 14.0 Å². The normalized spacial score (nSPS) is 10.0. The fraction of sp³-hybridized carbons (Fsp3) is 0.111. The van der Waals surface area contributed by atoms with Crippen LogP contribution in [0, 0.1) is 12.7 Å². The zero-order valence-electron chi connectivity index (χ0n) is 7.61. The summed E-state index contributed by atoms with van der Waals surface area (Å²) in [6.07, 6.45) is 0. The average Bonchev–Trinajstić information content (AvgIpc) is 2.19. The third-order valence-corrected chi connectivity index (χ3v) is 1.84. The molecule has 0 aliphatic carbocycles. The lowest BCUT2D eigenvalue weighted by Crippen LogP contribution is -2.14. The van der Waals surface area contributed by atoms with Crippen molar-refractivity contribution in [3.8, 4) is 11.5 Å². The molecule has 0 aliphatic rings. The van der Waals surface area contributed by atoms with Gasteiger partial charge in [-0.15, -0.1) is 0 Å². The van der Waals surface area contributed by atoms with E-state index in [1.54, 1.807) is 0 Å². The maximum absolute atomic E-state index is 13.2. The quantitative estimate of drug-likeness (QED) is 0.384. The van der Waals surface area contributed by atoms with Gasteiger partial charge in [0.15, 0.2) is 17.3 Å². The molecule has 3 N–H and O–H groups in total. The molecule has 0 saturated heterocycles. The standard InChI is InChI=1S/C9H7FO5/c1-3-2-4(7(12)9(14)15)5(10)8(13)6(3)11/h2,11,13H,1H3,(H,14,15). The summed E-state index contributed by atoms with van der Waals surface area (Å²) in [6.45, 7) is 1.30. The molecule has 80 valence electrons. The molecule has 1 rings (SSSR count). The second-order valence-corrected chi connectivity index (χ2v) is 2.89. The Morgan fingerprint density at radius 2 is 1.80 bits per heavy atom. The second kappa shape index (κ2) is 3.56. The van der Waals surface area contributed by atoms with Crippen LogP contribution in [0.5, 0.6) is 11.5 Å². The number of carbonyl (C=O) groups is 2. The molecule has 0 spiro atoms. The Morgan fingerprint density at radius 1 is 1.27 bits per heavy atom. The number of aryl methyl sites for hydroxylation is 1. The van der Waals surface area contributed by atoms with Crippen molar-refractivity contribution < 1.29 is 29.3 Å². The van der Waals surface area contributed by atoms with Crippen LogP contribution in [0.1, 0.15) is 15.9 Å². The van der Waals surface area contributed by atoms with Crippen LogP contribution in [-0.2, 0) is 4.79 Å². The number of halogens is 1. The van der Waals surface area contributed by atoms with E-state index in [1.165, 1.54) is 6.92 Å². The van der Waals surface area contributed by atoms with Crippen molar-refractivity contribution in [3.05, 3.63) is 23.0 Å². The number of carboxylic acids is 1. The summed E-state index contributed by atoms with van der Waals surface area (Å²) in [4.78, 5) is 21.2. The SMILES string of the molecule is Cc1cc(C(=O)C(=O)O)c(F)c(O)c1O. The highest BCUT2D eigenvalue weighted by Gasteiger charge is 2.24. The van der Waals surface area contributed by atoms with Crippen molar-refractivity contribution in [1.29, 1.82) is 0 Å². The van der Waals surface area contributed by atoms with Gasteiger partial charge in [-0.3, -0.25) is 4.79 Å². The van der Waals surface area contributed by atoms with Gasteiger partial charge in [0.1, 0.15) is 0 Å². The minimum Gasteiger partial charge on any atom is -0.504 e. The molecule has 0 aromatic heterocycles. The predicted octanol–water partition coefficient (Wildman–Crippen LogP) is 0.813. The predicted molar refractivity (Wildman–Crippen MR) is 46.4 cm³/mol. The van der Waals surface area contributed by atoms with Crippen molar-refractivity contribution in [1.82, 2.24) is 0 Å². The van der Waals surface area contributed by atoms with Gasteiger partial charge in [-0.05, 0) is 18.6 Å². The zero-order valence-corrected chi connectivity index (χ0v) is 7.61. The first-order valence-corrected chi connectivity index (χ1v) is 3.85. The van der Waals surface area contributed by atoms with E-state index >= 15 is 0 Å². The molecule has 0 bridgehead atoms. The number of Topliss-reactive ketones (excluding diaryl/α,β-unsaturated/α-hetero) is 1. The first kappa shape index (κ1) is 11.0. The second-order valence-electron chi connectivity index (χ2n) is 2.89. The number of rotatable bonds is 2.